The van der Waals surface area contributed by atoms with Crippen LogP contribution in [0.1, 0.15) is 18.4 Å². The number of aliphatic carboxylic acids is 1. The molecule has 3 amide bonds. The number of carbonyl (C=O) groups is 3. The van der Waals surface area contributed by atoms with E-state index in [1.165, 1.54) is 12.1 Å². The van der Waals surface area contributed by atoms with Gasteiger partial charge in [-0.2, -0.15) is 0 Å². The fourth-order valence-corrected chi connectivity index (χ4v) is 2.33. The van der Waals surface area contributed by atoms with Crippen LogP contribution < -0.4 is 10.6 Å². The Morgan fingerprint density at radius 1 is 1.30 bits per heavy atom. The molecule has 124 valence electrons. The van der Waals surface area contributed by atoms with Gasteiger partial charge < -0.3 is 20.6 Å². The van der Waals surface area contributed by atoms with Crippen molar-refractivity contribution in [2.24, 2.45) is 0 Å². The van der Waals surface area contributed by atoms with Crippen LogP contribution in [-0.2, 0) is 16.1 Å². The highest BCUT2D eigenvalue weighted by Gasteiger charge is 2.32. The largest absolute Gasteiger partial charge is 0.481 e. The van der Waals surface area contributed by atoms with Crippen LogP contribution in [0.3, 0.4) is 0 Å². The van der Waals surface area contributed by atoms with Gasteiger partial charge >= 0.3 is 12.0 Å². The molecule has 1 saturated heterocycles. The van der Waals surface area contributed by atoms with Gasteiger partial charge in [0.15, 0.2) is 0 Å². The maximum Gasteiger partial charge on any atom is 0.315 e. The van der Waals surface area contributed by atoms with Gasteiger partial charge in [-0.15, -0.1) is 0 Å². The van der Waals surface area contributed by atoms with Crippen molar-refractivity contribution < 1.29 is 23.9 Å². The molecule has 1 aromatic carbocycles. The van der Waals surface area contributed by atoms with E-state index in [0.717, 1.165) is 5.56 Å². The summed E-state index contributed by atoms with van der Waals surface area (Å²) >= 11 is 0. The number of benzene rings is 1. The van der Waals surface area contributed by atoms with Crippen molar-refractivity contribution in [1.29, 1.82) is 0 Å². The minimum atomic E-state index is -1.01. The summed E-state index contributed by atoms with van der Waals surface area (Å²) in [5.74, 6) is -1.55. The molecule has 2 rings (SSSR count). The predicted molar refractivity (Wildman–Crippen MR) is 79.0 cm³/mol. The Morgan fingerprint density at radius 3 is 2.65 bits per heavy atom. The Morgan fingerprint density at radius 2 is 2.00 bits per heavy atom. The summed E-state index contributed by atoms with van der Waals surface area (Å²) in [7, 11) is 0. The molecule has 0 spiro atoms. The van der Waals surface area contributed by atoms with Crippen LogP contribution >= 0.6 is 0 Å². The summed E-state index contributed by atoms with van der Waals surface area (Å²) in [6, 6.07) is 4.71. The first-order valence-corrected chi connectivity index (χ1v) is 7.25. The van der Waals surface area contributed by atoms with Crippen LogP contribution in [0.5, 0.6) is 0 Å². The van der Waals surface area contributed by atoms with Gasteiger partial charge in [0.1, 0.15) is 11.9 Å². The molecule has 7 nitrogen and oxygen atoms in total. The summed E-state index contributed by atoms with van der Waals surface area (Å²) in [6.45, 7) is 0.857. The zero-order valence-corrected chi connectivity index (χ0v) is 12.4. The van der Waals surface area contributed by atoms with E-state index >= 15 is 0 Å². The number of carboxylic acids is 1. The Balaban J connectivity index is 1.80. The molecule has 23 heavy (non-hydrogen) atoms. The van der Waals surface area contributed by atoms with E-state index < -0.39 is 18.0 Å². The molecule has 1 unspecified atom stereocenters. The average Bonchev–Trinajstić information content (AvgIpc) is 2.82. The van der Waals surface area contributed by atoms with Crippen molar-refractivity contribution in [3.63, 3.8) is 0 Å². The maximum atomic E-state index is 12.9. The molecule has 1 aliphatic rings. The van der Waals surface area contributed by atoms with Crippen molar-refractivity contribution in [1.82, 2.24) is 15.5 Å². The van der Waals surface area contributed by atoms with Gasteiger partial charge in [-0.3, -0.25) is 9.59 Å². The number of hydrogen-bond donors (Lipinski definition) is 3. The Bertz CT molecular complexity index is 591. The second-order valence-corrected chi connectivity index (χ2v) is 5.27. The van der Waals surface area contributed by atoms with Crippen LogP contribution in [-0.4, -0.2) is 47.0 Å². The number of amides is 3. The Hall–Kier alpha value is -2.64. The van der Waals surface area contributed by atoms with Crippen molar-refractivity contribution in [2.45, 2.75) is 25.4 Å². The standard InChI is InChI=1S/C15H18FN3O4/c16-11-3-1-10(2-4-11)9-19-8-6-12(14(19)22)18-15(23)17-7-5-13(20)21/h1-4,12H,5-9H2,(H,20,21)(H2,17,18,23). The molecule has 1 fully saturated rings. The first kappa shape index (κ1) is 16.7. The van der Waals surface area contributed by atoms with Crippen LogP contribution in [0.2, 0.25) is 0 Å². The molecule has 0 aromatic heterocycles. The molecule has 3 N–H and O–H groups in total. The maximum absolute atomic E-state index is 12.9. The molecular formula is C15H18FN3O4. The number of carbonyl (C=O) groups excluding carboxylic acids is 2. The van der Waals surface area contributed by atoms with Crippen LogP contribution in [0.4, 0.5) is 9.18 Å². The van der Waals surface area contributed by atoms with Crippen molar-refractivity contribution >= 4 is 17.9 Å². The van der Waals surface area contributed by atoms with Gasteiger partial charge in [0.25, 0.3) is 0 Å². The van der Waals surface area contributed by atoms with Gasteiger partial charge in [0.05, 0.1) is 6.42 Å². The number of urea groups is 1. The second-order valence-electron chi connectivity index (χ2n) is 5.27. The number of nitrogens with one attached hydrogen (secondary N) is 2. The van der Waals surface area contributed by atoms with Crippen molar-refractivity contribution in [2.75, 3.05) is 13.1 Å². The third kappa shape index (κ3) is 4.94. The molecule has 0 bridgehead atoms. The van der Waals surface area contributed by atoms with Crippen LogP contribution in [0.25, 0.3) is 0 Å². The fourth-order valence-electron chi connectivity index (χ4n) is 2.33. The second kappa shape index (κ2) is 7.57. The summed E-state index contributed by atoms with van der Waals surface area (Å²) in [4.78, 5) is 35.8. The Labute approximate surface area is 132 Å². The van der Waals surface area contributed by atoms with E-state index in [2.05, 4.69) is 10.6 Å². The highest BCUT2D eigenvalue weighted by Crippen LogP contribution is 2.15. The number of nitrogens with zero attached hydrogens (tertiary/aromatic N) is 1. The lowest BCUT2D eigenvalue weighted by molar-refractivity contribution is -0.136. The molecule has 8 heteroatoms. The first-order valence-electron chi connectivity index (χ1n) is 7.25. The predicted octanol–water partition coefficient (Wildman–Crippen LogP) is 0.700. The fraction of sp³-hybridized carbons (Fsp3) is 0.400. The Kier molecular flexibility index (Phi) is 5.51. The minimum absolute atomic E-state index is 0.00136. The monoisotopic (exact) mass is 323 g/mol. The van der Waals surface area contributed by atoms with E-state index in [1.807, 2.05) is 0 Å². The van der Waals surface area contributed by atoms with E-state index in [1.54, 1.807) is 17.0 Å². The minimum Gasteiger partial charge on any atom is -0.481 e. The number of hydrogen-bond acceptors (Lipinski definition) is 3. The molecule has 1 heterocycles. The molecule has 0 saturated carbocycles. The lowest BCUT2D eigenvalue weighted by Crippen LogP contribution is -2.46. The van der Waals surface area contributed by atoms with Gasteiger partial charge in [0.2, 0.25) is 5.91 Å². The topological polar surface area (TPSA) is 98.7 Å². The highest BCUT2D eigenvalue weighted by atomic mass is 19.1. The quantitative estimate of drug-likeness (QED) is 0.717. The molecule has 1 atom stereocenters. The number of rotatable bonds is 6. The summed E-state index contributed by atoms with van der Waals surface area (Å²) in [5, 5.41) is 13.4. The highest BCUT2D eigenvalue weighted by molar-refractivity contribution is 5.88. The normalized spacial score (nSPS) is 17.2. The van der Waals surface area contributed by atoms with Gasteiger partial charge in [0, 0.05) is 19.6 Å². The number of carboxylic acid groups (broad SMARTS) is 1. The van der Waals surface area contributed by atoms with Crippen LogP contribution in [0, 0.1) is 5.82 Å². The average molecular weight is 323 g/mol. The van der Waals surface area contributed by atoms with E-state index in [-0.39, 0.29) is 24.7 Å². The number of halogens is 1. The lowest BCUT2D eigenvalue weighted by Gasteiger charge is -2.17. The molecule has 1 aliphatic heterocycles. The SMILES string of the molecule is O=C(O)CCNC(=O)NC1CCN(Cc2ccc(F)cc2)C1=O. The zero-order valence-electron chi connectivity index (χ0n) is 12.4. The third-order valence-electron chi connectivity index (χ3n) is 3.51. The van der Waals surface area contributed by atoms with Crippen molar-refractivity contribution in [3.8, 4) is 0 Å². The molecule has 0 radical (unpaired) electrons. The van der Waals surface area contributed by atoms with Gasteiger partial charge in [-0.25, -0.2) is 9.18 Å². The van der Waals surface area contributed by atoms with Gasteiger partial charge in [-0.1, -0.05) is 12.1 Å². The summed E-state index contributed by atoms with van der Waals surface area (Å²) in [6.07, 6.45) is 0.301. The van der Waals surface area contributed by atoms with E-state index in [0.29, 0.717) is 19.5 Å². The van der Waals surface area contributed by atoms with Gasteiger partial charge in [-0.05, 0) is 24.1 Å². The molecule has 1 aromatic rings. The molecular weight excluding hydrogens is 305 g/mol. The van der Waals surface area contributed by atoms with Crippen molar-refractivity contribution in [3.05, 3.63) is 35.6 Å². The summed E-state index contributed by atoms with van der Waals surface area (Å²) in [5.41, 5.74) is 0.811. The smallest absolute Gasteiger partial charge is 0.315 e. The van der Waals surface area contributed by atoms with E-state index in [9.17, 15) is 18.8 Å². The summed E-state index contributed by atoms with van der Waals surface area (Å²) < 4.78 is 12.9. The lowest BCUT2D eigenvalue weighted by atomic mass is 10.2. The molecule has 0 aliphatic carbocycles. The third-order valence-corrected chi connectivity index (χ3v) is 3.51. The van der Waals surface area contributed by atoms with E-state index in [4.69, 9.17) is 5.11 Å². The number of likely N-dealkylation sites (tertiary alicyclic amines) is 1. The first-order chi connectivity index (χ1) is 11.0. The van der Waals surface area contributed by atoms with Crippen LogP contribution in [0.15, 0.2) is 24.3 Å². The zero-order chi connectivity index (χ0) is 16.8.